The van der Waals surface area contributed by atoms with Crippen molar-refractivity contribution < 1.29 is 4.79 Å². The van der Waals surface area contributed by atoms with Crippen molar-refractivity contribution in [1.29, 1.82) is 0 Å². The Morgan fingerprint density at radius 2 is 1.96 bits per heavy atom. The Bertz CT molecular complexity index is 891. The lowest BCUT2D eigenvalue weighted by atomic mass is 9.96. The van der Waals surface area contributed by atoms with Crippen molar-refractivity contribution in [3.8, 4) is 0 Å². The first kappa shape index (κ1) is 16.7. The van der Waals surface area contributed by atoms with Gasteiger partial charge >= 0.3 is 0 Å². The molecule has 2 atom stereocenters. The van der Waals surface area contributed by atoms with Crippen molar-refractivity contribution in [2.24, 2.45) is 5.73 Å². The Morgan fingerprint density at radius 3 is 2.81 bits per heavy atom. The summed E-state index contributed by atoms with van der Waals surface area (Å²) in [5.74, 6) is 1.14. The summed E-state index contributed by atoms with van der Waals surface area (Å²) in [6.07, 6.45) is 4.50. The fourth-order valence-electron chi connectivity index (χ4n) is 3.72. The van der Waals surface area contributed by atoms with Gasteiger partial charge in [0.05, 0.1) is 6.04 Å². The summed E-state index contributed by atoms with van der Waals surface area (Å²) in [6.45, 7) is 1.41. The highest BCUT2D eigenvalue weighted by atomic mass is 16.2. The van der Waals surface area contributed by atoms with Gasteiger partial charge in [0.2, 0.25) is 5.91 Å². The van der Waals surface area contributed by atoms with Crippen molar-refractivity contribution in [2.45, 2.75) is 31.2 Å². The summed E-state index contributed by atoms with van der Waals surface area (Å²) in [4.78, 5) is 14.7. The molecule has 6 nitrogen and oxygen atoms in total. The van der Waals surface area contributed by atoms with Crippen LogP contribution in [0.2, 0.25) is 0 Å². The van der Waals surface area contributed by atoms with E-state index >= 15 is 0 Å². The predicted molar refractivity (Wildman–Crippen MR) is 99.7 cm³/mol. The van der Waals surface area contributed by atoms with Gasteiger partial charge in [-0.05, 0) is 37.0 Å². The van der Waals surface area contributed by atoms with Crippen molar-refractivity contribution in [2.75, 3.05) is 13.1 Å². The van der Waals surface area contributed by atoms with Crippen molar-refractivity contribution >= 4 is 11.6 Å². The van der Waals surface area contributed by atoms with E-state index in [1.54, 1.807) is 0 Å². The molecule has 26 heavy (non-hydrogen) atoms. The van der Waals surface area contributed by atoms with Crippen LogP contribution in [0.1, 0.15) is 30.1 Å². The number of hydrogen-bond donors (Lipinski definition) is 1. The van der Waals surface area contributed by atoms with Crippen LogP contribution in [-0.4, -0.2) is 44.5 Å². The molecule has 2 unspecified atom stereocenters. The van der Waals surface area contributed by atoms with Gasteiger partial charge in [0.15, 0.2) is 5.65 Å². The number of piperidine rings is 1. The Balaban J connectivity index is 1.47. The third kappa shape index (κ3) is 3.32. The highest BCUT2D eigenvalue weighted by Crippen LogP contribution is 2.26. The number of benzene rings is 1. The maximum atomic E-state index is 12.8. The number of nitrogens with two attached hydrogens (primary N) is 1. The number of amides is 1. The topological polar surface area (TPSA) is 76.5 Å². The second kappa shape index (κ2) is 7.25. The van der Waals surface area contributed by atoms with Crippen LogP contribution in [0.4, 0.5) is 0 Å². The minimum atomic E-state index is -0.508. The fourth-order valence-corrected chi connectivity index (χ4v) is 3.72. The summed E-state index contributed by atoms with van der Waals surface area (Å²) in [5, 5.41) is 8.61. The van der Waals surface area contributed by atoms with Crippen molar-refractivity contribution in [3.05, 3.63) is 66.1 Å². The van der Waals surface area contributed by atoms with Crippen LogP contribution in [-0.2, 0) is 11.2 Å². The Kier molecular flexibility index (Phi) is 4.67. The molecule has 0 saturated carbocycles. The summed E-state index contributed by atoms with van der Waals surface area (Å²) >= 11 is 0. The van der Waals surface area contributed by atoms with E-state index in [2.05, 4.69) is 10.2 Å². The van der Waals surface area contributed by atoms with E-state index in [9.17, 15) is 4.79 Å². The fraction of sp³-hybridized carbons (Fsp3) is 0.350. The highest BCUT2D eigenvalue weighted by molar-refractivity contribution is 5.82. The molecular formula is C20H23N5O. The molecule has 1 aliphatic rings. The quantitative estimate of drug-likeness (QED) is 0.782. The lowest BCUT2D eigenvalue weighted by Crippen LogP contribution is -2.48. The molecule has 0 radical (unpaired) electrons. The average Bonchev–Trinajstić information content (AvgIpc) is 3.12. The summed E-state index contributed by atoms with van der Waals surface area (Å²) < 4.78 is 2.02. The molecule has 6 heteroatoms. The number of hydrogen-bond acceptors (Lipinski definition) is 4. The van der Waals surface area contributed by atoms with Gasteiger partial charge < -0.3 is 10.6 Å². The number of fused-ring (bicyclic) bond motifs is 1. The second-order valence-electron chi connectivity index (χ2n) is 6.91. The summed E-state index contributed by atoms with van der Waals surface area (Å²) in [6, 6.07) is 15.3. The van der Waals surface area contributed by atoms with Crippen LogP contribution < -0.4 is 5.73 Å². The molecule has 3 aromatic rings. The number of nitrogens with zero attached hydrogens (tertiary/aromatic N) is 4. The molecule has 4 rings (SSSR count). The normalized spacial score (nSPS) is 18.8. The first-order valence-electron chi connectivity index (χ1n) is 9.10. The molecule has 1 fully saturated rings. The zero-order chi connectivity index (χ0) is 17.9. The van der Waals surface area contributed by atoms with Crippen molar-refractivity contribution in [1.82, 2.24) is 19.5 Å². The van der Waals surface area contributed by atoms with E-state index in [1.165, 1.54) is 0 Å². The van der Waals surface area contributed by atoms with E-state index in [0.717, 1.165) is 36.4 Å². The number of rotatable bonds is 4. The van der Waals surface area contributed by atoms with Crippen LogP contribution in [0, 0.1) is 0 Å². The van der Waals surface area contributed by atoms with Crippen LogP contribution in [0.25, 0.3) is 5.65 Å². The van der Waals surface area contributed by atoms with E-state index in [0.29, 0.717) is 13.0 Å². The molecule has 0 bridgehead atoms. The number of pyridine rings is 1. The molecular weight excluding hydrogens is 326 g/mol. The standard InChI is InChI=1S/C20H23N5O/c21-17(13-15-7-2-1-3-8-15)20(26)24-11-6-9-16(14-24)19-23-22-18-10-4-5-12-25(18)19/h1-5,7-8,10,12,16-17H,6,9,11,13-14,21H2. The number of carbonyl (C=O) groups is 1. The molecule has 0 spiro atoms. The van der Waals surface area contributed by atoms with Gasteiger partial charge in [-0.15, -0.1) is 10.2 Å². The third-order valence-corrected chi connectivity index (χ3v) is 5.05. The van der Waals surface area contributed by atoms with Gasteiger partial charge in [0.1, 0.15) is 5.82 Å². The predicted octanol–water partition coefficient (Wildman–Crippen LogP) is 2.01. The average molecular weight is 349 g/mol. The zero-order valence-electron chi connectivity index (χ0n) is 14.7. The maximum absolute atomic E-state index is 12.8. The molecule has 2 aromatic heterocycles. The number of aromatic nitrogens is 3. The van der Waals surface area contributed by atoms with E-state index in [4.69, 9.17) is 5.73 Å². The zero-order valence-corrected chi connectivity index (χ0v) is 14.7. The van der Waals surface area contributed by atoms with Gasteiger partial charge in [-0.3, -0.25) is 9.20 Å². The molecule has 1 aromatic carbocycles. The molecule has 1 saturated heterocycles. The van der Waals surface area contributed by atoms with Gasteiger partial charge in [0, 0.05) is 25.2 Å². The summed E-state index contributed by atoms with van der Waals surface area (Å²) in [7, 11) is 0. The van der Waals surface area contributed by atoms with Gasteiger partial charge in [-0.1, -0.05) is 36.4 Å². The molecule has 1 amide bonds. The second-order valence-corrected chi connectivity index (χ2v) is 6.91. The largest absolute Gasteiger partial charge is 0.341 e. The van der Waals surface area contributed by atoms with Crippen LogP contribution in [0.15, 0.2) is 54.7 Å². The molecule has 134 valence electrons. The minimum Gasteiger partial charge on any atom is -0.341 e. The molecule has 0 aliphatic carbocycles. The lowest BCUT2D eigenvalue weighted by molar-refractivity contribution is -0.133. The SMILES string of the molecule is NC(Cc1ccccc1)C(=O)N1CCCC(c2nnc3ccccn23)C1. The van der Waals surface area contributed by atoms with Crippen LogP contribution in [0.5, 0.6) is 0 Å². The third-order valence-electron chi connectivity index (χ3n) is 5.05. The Morgan fingerprint density at radius 1 is 1.15 bits per heavy atom. The van der Waals surface area contributed by atoms with Gasteiger partial charge in [0.25, 0.3) is 0 Å². The molecule has 1 aliphatic heterocycles. The monoisotopic (exact) mass is 349 g/mol. The van der Waals surface area contributed by atoms with E-state index in [-0.39, 0.29) is 11.8 Å². The van der Waals surface area contributed by atoms with Crippen molar-refractivity contribution in [3.63, 3.8) is 0 Å². The van der Waals surface area contributed by atoms with E-state index in [1.807, 2.05) is 64.0 Å². The van der Waals surface area contributed by atoms with Crippen LogP contribution in [0.3, 0.4) is 0 Å². The number of likely N-dealkylation sites (tertiary alicyclic amines) is 1. The Hall–Kier alpha value is -2.73. The smallest absolute Gasteiger partial charge is 0.239 e. The van der Waals surface area contributed by atoms with Gasteiger partial charge in [-0.2, -0.15) is 0 Å². The summed E-state index contributed by atoms with van der Waals surface area (Å²) in [5.41, 5.74) is 8.14. The first-order chi connectivity index (χ1) is 12.7. The highest BCUT2D eigenvalue weighted by Gasteiger charge is 2.30. The molecule has 2 N–H and O–H groups in total. The minimum absolute atomic E-state index is 0.0207. The van der Waals surface area contributed by atoms with E-state index < -0.39 is 6.04 Å². The number of carbonyl (C=O) groups excluding carboxylic acids is 1. The molecule has 3 heterocycles. The maximum Gasteiger partial charge on any atom is 0.239 e. The van der Waals surface area contributed by atoms with Gasteiger partial charge in [-0.25, -0.2) is 0 Å². The Labute approximate surface area is 152 Å². The lowest BCUT2D eigenvalue weighted by Gasteiger charge is -2.33. The van der Waals surface area contributed by atoms with Crippen LogP contribution >= 0.6 is 0 Å². The first-order valence-corrected chi connectivity index (χ1v) is 9.10.